The van der Waals surface area contributed by atoms with E-state index < -0.39 is 5.60 Å². The molecule has 0 saturated carbocycles. The molecule has 0 aliphatic rings. The van der Waals surface area contributed by atoms with Crippen LogP contribution in [0.4, 0.5) is 0 Å². The maximum absolute atomic E-state index is 11.6. The van der Waals surface area contributed by atoms with Gasteiger partial charge >= 0.3 is 0 Å². The van der Waals surface area contributed by atoms with Gasteiger partial charge in [-0.25, -0.2) is 0 Å². The van der Waals surface area contributed by atoms with Gasteiger partial charge in [0, 0.05) is 12.8 Å². The summed E-state index contributed by atoms with van der Waals surface area (Å²) in [6.45, 7) is 3.76. The van der Waals surface area contributed by atoms with Crippen LogP contribution in [0.15, 0.2) is 30.3 Å². The number of carbonyl (C=O) groups is 1. The zero-order chi connectivity index (χ0) is 12.0. The summed E-state index contributed by atoms with van der Waals surface area (Å²) in [6.07, 6.45) is 2.69. The molecule has 0 aliphatic heterocycles. The van der Waals surface area contributed by atoms with Crippen LogP contribution in [0.1, 0.15) is 45.1 Å². The van der Waals surface area contributed by atoms with Crippen LogP contribution in [0.25, 0.3) is 0 Å². The van der Waals surface area contributed by atoms with Gasteiger partial charge in [0.25, 0.3) is 0 Å². The summed E-state index contributed by atoms with van der Waals surface area (Å²) in [7, 11) is 0. The molecule has 1 aromatic rings. The van der Waals surface area contributed by atoms with E-state index in [1.54, 1.807) is 6.92 Å². The average molecular weight is 220 g/mol. The van der Waals surface area contributed by atoms with E-state index in [1.807, 2.05) is 30.3 Å². The minimum atomic E-state index is -1.04. The van der Waals surface area contributed by atoms with Crippen molar-refractivity contribution in [2.45, 2.75) is 45.1 Å². The Morgan fingerprint density at radius 3 is 2.50 bits per heavy atom. The van der Waals surface area contributed by atoms with Gasteiger partial charge in [0.15, 0.2) is 0 Å². The van der Waals surface area contributed by atoms with Gasteiger partial charge in [-0.2, -0.15) is 0 Å². The lowest BCUT2D eigenvalue weighted by atomic mass is 9.89. The van der Waals surface area contributed by atoms with Crippen LogP contribution in [0, 0.1) is 0 Å². The molecule has 1 rings (SSSR count). The van der Waals surface area contributed by atoms with E-state index in [2.05, 4.69) is 6.92 Å². The maximum Gasteiger partial charge on any atom is 0.136 e. The SMILES string of the molecule is CCCCC(=O)CC(C)(O)c1ccccc1. The number of ketones is 1. The highest BCUT2D eigenvalue weighted by Crippen LogP contribution is 2.25. The van der Waals surface area contributed by atoms with Crippen molar-refractivity contribution in [2.24, 2.45) is 0 Å². The molecule has 0 spiro atoms. The first kappa shape index (κ1) is 12.9. The second-order valence-corrected chi connectivity index (χ2v) is 4.46. The predicted octanol–water partition coefficient (Wildman–Crippen LogP) is 3.04. The van der Waals surface area contributed by atoms with Crippen molar-refractivity contribution in [1.29, 1.82) is 0 Å². The third kappa shape index (κ3) is 3.78. The van der Waals surface area contributed by atoms with Gasteiger partial charge < -0.3 is 5.11 Å². The van der Waals surface area contributed by atoms with E-state index in [0.29, 0.717) is 6.42 Å². The quantitative estimate of drug-likeness (QED) is 0.800. The van der Waals surface area contributed by atoms with Crippen LogP contribution in [0.2, 0.25) is 0 Å². The fourth-order valence-electron chi connectivity index (χ4n) is 1.75. The minimum Gasteiger partial charge on any atom is -0.385 e. The first-order valence-electron chi connectivity index (χ1n) is 5.86. The second kappa shape index (κ2) is 5.80. The first-order valence-corrected chi connectivity index (χ1v) is 5.86. The molecule has 2 heteroatoms. The highest BCUT2D eigenvalue weighted by atomic mass is 16.3. The third-order valence-electron chi connectivity index (χ3n) is 2.75. The number of aliphatic hydroxyl groups is 1. The fourth-order valence-corrected chi connectivity index (χ4v) is 1.75. The van der Waals surface area contributed by atoms with Gasteiger partial charge in [-0.15, -0.1) is 0 Å². The number of benzene rings is 1. The number of hydrogen-bond donors (Lipinski definition) is 1. The molecule has 0 fully saturated rings. The molecule has 0 heterocycles. The summed E-state index contributed by atoms with van der Waals surface area (Å²) in [6, 6.07) is 9.36. The number of hydrogen-bond acceptors (Lipinski definition) is 2. The van der Waals surface area contributed by atoms with Gasteiger partial charge in [0.2, 0.25) is 0 Å². The molecule has 0 aliphatic carbocycles. The Kier molecular flexibility index (Phi) is 4.69. The molecule has 0 saturated heterocycles. The Bertz CT molecular complexity index is 328. The molecule has 1 atom stereocenters. The zero-order valence-electron chi connectivity index (χ0n) is 10.1. The first-order chi connectivity index (χ1) is 7.56. The molecule has 0 amide bonds. The molecule has 2 nitrogen and oxygen atoms in total. The summed E-state index contributed by atoms with van der Waals surface area (Å²) in [5.74, 6) is 0.135. The van der Waals surface area contributed by atoms with Crippen molar-refractivity contribution in [3.63, 3.8) is 0 Å². The van der Waals surface area contributed by atoms with Crippen molar-refractivity contribution in [3.8, 4) is 0 Å². The topological polar surface area (TPSA) is 37.3 Å². The molecular formula is C14H20O2. The molecular weight excluding hydrogens is 200 g/mol. The Hall–Kier alpha value is -1.15. The summed E-state index contributed by atoms with van der Waals surface area (Å²) in [4.78, 5) is 11.6. The van der Waals surface area contributed by atoms with Gasteiger partial charge in [-0.1, -0.05) is 43.7 Å². The standard InChI is InChI=1S/C14H20O2/c1-3-4-10-13(15)11-14(2,16)12-8-6-5-7-9-12/h5-9,16H,3-4,10-11H2,1-2H3. The molecule has 88 valence electrons. The third-order valence-corrected chi connectivity index (χ3v) is 2.75. The molecule has 0 bridgehead atoms. The van der Waals surface area contributed by atoms with Gasteiger partial charge in [-0.05, 0) is 18.9 Å². The molecule has 0 aromatic heterocycles. The van der Waals surface area contributed by atoms with Crippen molar-refractivity contribution < 1.29 is 9.90 Å². The monoisotopic (exact) mass is 220 g/mol. The molecule has 1 aromatic carbocycles. The van der Waals surface area contributed by atoms with E-state index in [9.17, 15) is 9.90 Å². The normalized spacial score (nSPS) is 14.4. The number of unbranched alkanes of at least 4 members (excludes halogenated alkanes) is 1. The van der Waals surface area contributed by atoms with Crippen LogP contribution >= 0.6 is 0 Å². The van der Waals surface area contributed by atoms with E-state index in [0.717, 1.165) is 18.4 Å². The predicted molar refractivity (Wildman–Crippen MR) is 65.2 cm³/mol. The maximum atomic E-state index is 11.6. The second-order valence-electron chi connectivity index (χ2n) is 4.46. The smallest absolute Gasteiger partial charge is 0.136 e. The highest BCUT2D eigenvalue weighted by molar-refractivity contribution is 5.79. The zero-order valence-corrected chi connectivity index (χ0v) is 10.1. The van der Waals surface area contributed by atoms with Crippen molar-refractivity contribution in [1.82, 2.24) is 0 Å². The number of Topliss-reactive ketones (excluding diaryl/α,β-unsaturated/α-hetero) is 1. The molecule has 1 N–H and O–H groups in total. The van der Waals surface area contributed by atoms with Crippen LogP contribution in [0.3, 0.4) is 0 Å². The Balaban J connectivity index is 2.61. The average Bonchev–Trinajstić information content (AvgIpc) is 2.27. The highest BCUT2D eigenvalue weighted by Gasteiger charge is 2.25. The van der Waals surface area contributed by atoms with E-state index in [-0.39, 0.29) is 12.2 Å². The van der Waals surface area contributed by atoms with Gasteiger partial charge in [-0.3, -0.25) is 4.79 Å². The largest absolute Gasteiger partial charge is 0.385 e. The van der Waals surface area contributed by atoms with E-state index >= 15 is 0 Å². The number of rotatable bonds is 6. The number of carbonyl (C=O) groups excluding carboxylic acids is 1. The molecule has 1 unspecified atom stereocenters. The van der Waals surface area contributed by atoms with E-state index in [4.69, 9.17) is 0 Å². The van der Waals surface area contributed by atoms with Crippen molar-refractivity contribution in [3.05, 3.63) is 35.9 Å². The Labute approximate surface area is 97.3 Å². The lowest BCUT2D eigenvalue weighted by molar-refractivity contribution is -0.123. The van der Waals surface area contributed by atoms with Crippen LogP contribution in [-0.2, 0) is 10.4 Å². The van der Waals surface area contributed by atoms with E-state index in [1.165, 1.54) is 0 Å². The lowest BCUT2D eigenvalue weighted by Gasteiger charge is -2.23. The minimum absolute atomic E-state index is 0.135. The molecule has 0 radical (unpaired) electrons. The summed E-state index contributed by atoms with van der Waals surface area (Å²) < 4.78 is 0. The Morgan fingerprint density at radius 1 is 1.31 bits per heavy atom. The van der Waals surface area contributed by atoms with Gasteiger partial charge in [0.05, 0.1) is 5.60 Å². The van der Waals surface area contributed by atoms with Crippen LogP contribution in [-0.4, -0.2) is 10.9 Å². The molecule has 16 heavy (non-hydrogen) atoms. The van der Waals surface area contributed by atoms with Crippen molar-refractivity contribution in [2.75, 3.05) is 0 Å². The summed E-state index contributed by atoms with van der Waals surface area (Å²) >= 11 is 0. The summed E-state index contributed by atoms with van der Waals surface area (Å²) in [5.41, 5.74) is -0.230. The lowest BCUT2D eigenvalue weighted by Crippen LogP contribution is -2.25. The summed E-state index contributed by atoms with van der Waals surface area (Å²) in [5, 5.41) is 10.2. The van der Waals surface area contributed by atoms with Crippen molar-refractivity contribution >= 4 is 5.78 Å². The Morgan fingerprint density at radius 2 is 1.94 bits per heavy atom. The van der Waals surface area contributed by atoms with Crippen LogP contribution < -0.4 is 0 Å². The fraction of sp³-hybridized carbons (Fsp3) is 0.500. The van der Waals surface area contributed by atoms with Gasteiger partial charge in [0.1, 0.15) is 5.78 Å². The van der Waals surface area contributed by atoms with Crippen LogP contribution in [0.5, 0.6) is 0 Å².